The summed E-state index contributed by atoms with van der Waals surface area (Å²) in [7, 11) is 1.72. The molecule has 0 aliphatic heterocycles. The van der Waals surface area contributed by atoms with Crippen LogP contribution in [0.5, 0.6) is 0 Å². The van der Waals surface area contributed by atoms with Crippen molar-refractivity contribution in [3.63, 3.8) is 0 Å². The minimum atomic E-state index is -0.210. The molecule has 0 unspecified atom stereocenters. The summed E-state index contributed by atoms with van der Waals surface area (Å²) in [5, 5.41) is 9.64. The number of ether oxygens (including phenoxy) is 1. The van der Waals surface area contributed by atoms with Gasteiger partial charge >= 0.3 is 0 Å². The molecule has 1 fully saturated rings. The van der Waals surface area contributed by atoms with E-state index in [0.717, 1.165) is 12.0 Å². The number of H-pyrrole nitrogens is 1. The van der Waals surface area contributed by atoms with Crippen LogP contribution in [0.15, 0.2) is 28.7 Å². The highest BCUT2D eigenvalue weighted by Gasteiger charge is 2.58. The Morgan fingerprint density at radius 3 is 2.54 bits per heavy atom. The maximum absolute atomic E-state index is 12.5. The van der Waals surface area contributed by atoms with Crippen LogP contribution in [0.1, 0.15) is 37.6 Å². The molecule has 128 valence electrons. The first-order chi connectivity index (χ1) is 11.3. The quantitative estimate of drug-likeness (QED) is 0.829. The number of carbonyl (C=O) groups excluding carboxylic acids is 1. The van der Waals surface area contributed by atoms with E-state index in [0.29, 0.717) is 11.5 Å². The minimum absolute atomic E-state index is 0.0822. The number of rotatable bonds is 4. The second-order valence-corrected chi connectivity index (χ2v) is 7.25. The van der Waals surface area contributed by atoms with Gasteiger partial charge in [0.1, 0.15) is 0 Å². The first-order valence-corrected chi connectivity index (χ1v) is 8.19. The van der Waals surface area contributed by atoms with Crippen molar-refractivity contribution >= 4 is 18.1 Å². The molecule has 0 spiro atoms. The molecule has 2 aromatic rings. The molecule has 7 heteroatoms. The molecule has 1 amide bonds. The Balaban J connectivity index is 1.69. The number of nitrogens with zero attached hydrogens (tertiary/aromatic N) is 1. The van der Waals surface area contributed by atoms with Gasteiger partial charge in [-0.15, -0.1) is 5.10 Å². The normalized spacial score (nSPS) is 25.1. The molecule has 1 aliphatic rings. The van der Waals surface area contributed by atoms with Gasteiger partial charge in [-0.25, -0.2) is 5.10 Å². The molecule has 1 heterocycles. The highest BCUT2D eigenvalue weighted by Crippen LogP contribution is 2.51. The van der Waals surface area contributed by atoms with Crippen molar-refractivity contribution in [2.45, 2.75) is 38.8 Å². The van der Waals surface area contributed by atoms with Crippen LogP contribution < -0.4 is 5.32 Å². The van der Waals surface area contributed by atoms with Gasteiger partial charge in [-0.3, -0.25) is 4.79 Å². The molecule has 3 rings (SSSR count). The number of aromatic amines is 1. The van der Waals surface area contributed by atoms with E-state index in [1.807, 2.05) is 0 Å². The number of aromatic nitrogens is 2. The lowest BCUT2D eigenvalue weighted by molar-refractivity contribution is -0.177. The fourth-order valence-corrected chi connectivity index (χ4v) is 3.21. The van der Waals surface area contributed by atoms with Crippen LogP contribution in [0.4, 0.5) is 0 Å². The predicted octanol–water partition coefficient (Wildman–Crippen LogP) is 3.33. The molecule has 24 heavy (non-hydrogen) atoms. The lowest BCUT2D eigenvalue weighted by Gasteiger charge is -2.59. The van der Waals surface area contributed by atoms with Crippen molar-refractivity contribution < 1.29 is 13.9 Å². The number of hydrogen-bond acceptors (Lipinski definition) is 5. The van der Waals surface area contributed by atoms with Crippen LogP contribution in [-0.2, 0) is 4.74 Å². The molecule has 0 bridgehead atoms. The molecular formula is C17H21N3O3S. The van der Waals surface area contributed by atoms with Crippen molar-refractivity contribution in [2.75, 3.05) is 7.11 Å². The van der Waals surface area contributed by atoms with Gasteiger partial charge in [-0.2, -0.15) is 0 Å². The lowest BCUT2D eigenvalue weighted by atomic mass is 9.56. The molecule has 6 nitrogen and oxygen atoms in total. The van der Waals surface area contributed by atoms with Crippen LogP contribution >= 0.6 is 12.2 Å². The Labute approximate surface area is 145 Å². The average molecular weight is 347 g/mol. The standard InChI is InChI=1S/C17H21N3O3S/c1-16(2)12(9-17(16,3)22-4)18-13(21)10-5-7-11(8-6-10)14-19-20-15(24)23-14/h5-8,12H,9H2,1-4H3,(H,18,21)(H,20,24)/t12-,17+/m1/s1. The van der Waals surface area contributed by atoms with E-state index in [1.165, 1.54) is 0 Å². The van der Waals surface area contributed by atoms with E-state index >= 15 is 0 Å². The summed E-state index contributed by atoms with van der Waals surface area (Å²) in [4.78, 5) is 12.7. The molecule has 0 radical (unpaired) electrons. The number of methoxy groups -OCH3 is 1. The fourth-order valence-electron chi connectivity index (χ4n) is 3.08. The monoisotopic (exact) mass is 347 g/mol. The fraction of sp³-hybridized carbons (Fsp3) is 0.471. The van der Waals surface area contributed by atoms with Crippen molar-refractivity contribution in [3.8, 4) is 11.5 Å². The molecule has 1 aliphatic carbocycles. The summed E-state index contributed by atoms with van der Waals surface area (Å²) in [5.74, 6) is 0.309. The highest BCUT2D eigenvalue weighted by molar-refractivity contribution is 7.71. The largest absolute Gasteiger partial charge is 0.409 e. The third-order valence-corrected chi connectivity index (χ3v) is 5.59. The smallest absolute Gasteiger partial charge is 0.284 e. The maximum atomic E-state index is 12.5. The van der Waals surface area contributed by atoms with Gasteiger partial charge in [0.15, 0.2) is 0 Å². The Bertz CT molecular complexity index is 809. The van der Waals surface area contributed by atoms with Gasteiger partial charge in [0.2, 0.25) is 5.89 Å². The first kappa shape index (κ1) is 16.9. The van der Waals surface area contributed by atoms with Crippen LogP contribution in [0, 0.1) is 10.3 Å². The first-order valence-electron chi connectivity index (χ1n) is 7.79. The molecule has 1 aromatic heterocycles. The summed E-state index contributed by atoms with van der Waals surface area (Å²) < 4.78 is 10.9. The van der Waals surface area contributed by atoms with Crippen molar-refractivity contribution in [2.24, 2.45) is 5.41 Å². The predicted molar refractivity (Wildman–Crippen MR) is 92.2 cm³/mol. The highest BCUT2D eigenvalue weighted by atomic mass is 32.1. The zero-order valence-corrected chi connectivity index (χ0v) is 15.0. The zero-order valence-electron chi connectivity index (χ0n) is 14.2. The Kier molecular flexibility index (Phi) is 4.09. The summed E-state index contributed by atoms with van der Waals surface area (Å²) >= 11 is 4.86. The minimum Gasteiger partial charge on any atom is -0.409 e. The zero-order chi connectivity index (χ0) is 17.5. The van der Waals surface area contributed by atoms with Gasteiger partial charge in [0, 0.05) is 29.7 Å². The second-order valence-electron chi connectivity index (χ2n) is 6.88. The van der Waals surface area contributed by atoms with Crippen molar-refractivity contribution in [3.05, 3.63) is 34.7 Å². The molecule has 1 saturated carbocycles. The lowest BCUT2D eigenvalue weighted by Crippen LogP contribution is -2.68. The number of carbonyl (C=O) groups is 1. The molecular weight excluding hydrogens is 326 g/mol. The SMILES string of the molecule is CO[C@@]1(C)C[C@@H](NC(=O)c2ccc(-c3n[nH]c(=S)o3)cc2)C1(C)C. The van der Waals surface area contributed by atoms with E-state index in [-0.39, 0.29) is 27.8 Å². The summed E-state index contributed by atoms with van der Waals surface area (Å²) in [6.07, 6.45) is 0.800. The van der Waals surface area contributed by atoms with E-state index in [1.54, 1.807) is 31.4 Å². The van der Waals surface area contributed by atoms with Crippen LogP contribution in [0.2, 0.25) is 0 Å². The molecule has 2 N–H and O–H groups in total. The van der Waals surface area contributed by atoms with Crippen LogP contribution in [0.3, 0.4) is 0 Å². The van der Waals surface area contributed by atoms with Crippen LogP contribution in [0.25, 0.3) is 11.5 Å². The third kappa shape index (κ3) is 2.67. The van der Waals surface area contributed by atoms with E-state index < -0.39 is 0 Å². The van der Waals surface area contributed by atoms with Gasteiger partial charge in [0.25, 0.3) is 10.7 Å². The summed E-state index contributed by atoms with van der Waals surface area (Å²) in [6.45, 7) is 6.30. The second kappa shape index (κ2) is 5.82. The van der Waals surface area contributed by atoms with Crippen molar-refractivity contribution in [1.82, 2.24) is 15.5 Å². The van der Waals surface area contributed by atoms with Gasteiger partial charge in [0.05, 0.1) is 5.60 Å². The molecule has 2 atom stereocenters. The topological polar surface area (TPSA) is 80.1 Å². The summed E-state index contributed by atoms with van der Waals surface area (Å²) in [6, 6.07) is 7.15. The van der Waals surface area contributed by atoms with E-state index in [9.17, 15) is 4.79 Å². The number of amides is 1. The van der Waals surface area contributed by atoms with E-state index in [4.69, 9.17) is 21.4 Å². The van der Waals surface area contributed by atoms with Crippen molar-refractivity contribution in [1.29, 1.82) is 0 Å². The Morgan fingerprint density at radius 2 is 2.04 bits per heavy atom. The van der Waals surface area contributed by atoms with Gasteiger partial charge in [-0.1, -0.05) is 13.8 Å². The van der Waals surface area contributed by atoms with E-state index in [2.05, 4.69) is 36.3 Å². The molecule has 1 aromatic carbocycles. The number of hydrogen-bond donors (Lipinski definition) is 2. The van der Waals surface area contributed by atoms with Crippen LogP contribution in [-0.4, -0.2) is 34.9 Å². The maximum Gasteiger partial charge on any atom is 0.284 e. The van der Waals surface area contributed by atoms with Gasteiger partial charge in [-0.05, 0) is 49.8 Å². The average Bonchev–Trinajstić information content (AvgIpc) is 3.00. The van der Waals surface area contributed by atoms with Gasteiger partial charge < -0.3 is 14.5 Å². The Morgan fingerprint density at radius 1 is 1.38 bits per heavy atom. The Hall–Kier alpha value is -1.99. The third-order valence-electron chi connectivity index (χ3n) is 5.42. The number of benzene rings is 1. The number of nitrogens with one attached hydrogen (secondary N) is 2. The summed E-state index contributed by atoms with van der Waals surface area (Å²) in [5.41, 5.74) is 1.02. The molecule has 0 saturated heterocycles.